The number of hydrogen-bond acceptors (Lipinski definition) is 7. The van der Waals surface area contributed by atoms with Crippen LogP contribution in [0.1, 0.15) is 155 Å². The number of aliphatic hydroxyl groups is 3. The van der Waals surface area contributed by atoms with Gasteiger partial charge >= 0.3 is 7.82 Å². The van der Waals surface area contributed by atoms with Crippen molar-refractivity contribution >= 4 is 7.82 Å². The van der Waals surface area contributed by atoms with Gasteiger partial charge in [0.2, 0.25) is 0 Å². The molecule has 242 valence electrons. The first-order chi connectivity index (χ1) is 19.4. The highest BCUT2D eigenvalue weighted by Gasteiger charge is 2.24. The normalized spacial score (nSPS) is 14.8. The molecular formula is C31H65O8P. The predicted octanol–water partition coefficient (Wildman–Crippen LogP) is 7.84. The molecule has 0 saturated carbocycles. The first-order valence-electron chi connectivity index (χ1n) is 16.6. The van der Waals surface area contributed by atoms with Gasteiger partial charge in [-0.1, -0.05) is 148 Å². The van der Waals surface area contributed by atoms with E-state index in [2.05, 4.69) is 16.0 Å². The second-order valence-corrected chi connectivity index (χ2v) is 12.9. The number of unbranched alkanes of at least 4 members (excludes halogenated alkanes) is 22. The molecule has 40 heavy (non-hydrogen) atoms. The van der Waals surface area contributed by atoms with Crippen LogP contribution in [0.2, 0.25) is 0 Å². The Hall–Kier alpha value is -0.0500. The van der Waals surface area contributed by atoms with Crippen LogP contribution < -0.4 is 0 Å². The van der Waals surface area contributed by atoms with Crippen molar-refractivity contribution in [3.05, 3.63) is 0 Å². The van der Waals surface area contributed by atoms with Crippen molar-refractivity contribution in [2.75, 3.05) is 33.0 Å². The van der Waals surface area contributed by atoms with Gasteiger partial charge in [0.05, 0.1) is 26.4 Å². The molecule has 3 atom stereocenters. The topological polar surface area (TPSA) is 126 Å². The first kappa shape index (κ1) is 40.0. The van der Waals surface area contributed by atoms with E-state index >= 15 is 0 Å². The number of phosphoric ester groups is 1. The van der Waals surface area contributed by atoms with E-state index in [1.54, 1.807) is 0 Å². The summed E-state index contributed by atoms with van der Waals surface area (Å²) in [7, 11) is -4.38. The minimum atomic E-state index is -4.38. The monoisotopic (exact) mass is 596 g/mol. The molecule has 0 rings (SSSR count). The molecule has 0 aliphatic rings. The Bertz CT molecular complexity index is 551. The summed E-state index contributed by atoms with van der Waals surface area (Å²) in [4.78, 5) is 9.44. The van der Waals surface area contributed by atoms with E-state index in [0.29, 0.717) is 6.61 Å². The van der Waals surface area contributed by atoms with Gasteiger partial charge in [-0.05, 0) is 6.42 Å². The van der Waals surface area contributed by atoms with Gasteiger partial charge in [-0.2, -0.15) is 0 Å². The van der Waals surface area contributed by atoms with Crippen LogP contribution in [0.3, 0.4) is 0 Å². The molecule has 0 aromatic heterocycles. The molecule has 4 N–H and O–H groups in total. The number of hydrogen-bond donors (Lipinski definition) is 4. The van der Waals surface area contributed by atoms with Crippen molar-refractivity contribution in [2.45, 2.75) is 167 Å². The first-order valence-corrected chi connectivity index (χ1v) is 18.1. The van der Waals surface area contributed by atoms with E-state index in [4.69, 9.17) is 14.9 Å². The van der Waals surface area contributed by atoms with Gasteiger partial charge in [-0.3, -0.25) is 9.05 Å². The summed E-state index contributed by atoms with van der Waals surface area (Å²) in [6, 6.07) is 0. The molecule has 0 bridgehead atoms. The Morgan fingerprint density at radius 3 is 1.20 bits per heavy atom. The van der Waals surface area contributed by atoms with E-state index in [1.807, 2.05) is 0 Å². The van der Waals surface area contributed by atoms with Gasteiger partial charge in [0, 0.05) is 6.61 Å². The largest absolute Gasteiger partial charge is 0.472 e. The summed E-state index contributed by atoms with van der Waals surface area (Å²) in [6.07, 6.45) is 28.9. The highest BCUT2D eigenvalue weighted by Crippen LogP contribution is 2.43. The number of aliphatic hydroxyl groups excluding tert-OH is 3. The molecule has 0 aromatic carbocycles. The van der Waals surface area contributed by atoms with Crippen molar-refractivity contribution in [3.63, 3.8) is 0 Å². The third-order valence-corrected chi connectivity index (χ3v) is 8.22. The van der Waals surface area contributed by atoms with Gasteiger partial charge in [-0.15, -0.1) is 0 Å². The van der Waals surface area contributed by atoms with Crippen molar-refractivity contribution in [1.82, 2.24) is 0 Å². The molecule has 3 unspecified atom stereocenters. The fourth-order valence-electron chi connectivity index (χ4n) is 4.71. The third-order valence-electron chi connectivity index (χ3n) is 7.27. The zero-order valence-corrected chi connectivity index (χ0v) is 26.7. The fourth-order valence-corrected chi connectivity index (χ4v) is 5.50. The number of ether oxygens (including phenoxy) is 1. The average Bonchev–Trinajstić information content (AvgIpc) is 2.95. The summed E-state index contributed by atoms with van der Waals surface area (Å²) in [6.45, 7) is 1.30. The second-order valence-electron chi connectivity index (χ2n) is 11.4. The van der Waals surface area contributed by atoms with Crippen molar-refractivity contribution in [1.29, 1.82) is 0 Å². The molecule has 0 saturated heterocycles. The van der Waals surface area contributed by atoms with Crippen LogP contribution in [0.4, 0.5) is 0 Å². The van der Waals surface area contributed by atoms with Crippen LogP contribution >= 0.6 is 7.82 Å². The maximum Gasteiger partial charge on any atom is 0.472 e. The zero-order valence-electron chi connectivity index (χ0n) is 25.8. The summed E-state index contributed by atoms with van der Waals surface area (Å²) in [5.41, 5.74) is 0. The maximum absolute atomic E-state index is 11.6. The lowest BCUT2D eigenvalue weighted by atomic mass is 10.0. The summed E-state index contributed by atoms with van der Waals surface area (Å²) < 4.78 is 26.2. The predicted molar refractivity (Wildman–Crippen MR) is 164 cm³/mol. The third kappa shape index (κ3) is 30.9. The average molecular weight is 597 g/mol. The fraction of sp³-hybridized carbons (Fsp3) is 1.00. The van der Waals surface area contributed by atoms with Crippen LogP contribution in [0, 0.1) is 0 Å². The molecule has 0 spiro atoms. The number of rotatable bonds is 33. The van der Waals surface area contributed by atoms with Crippen molar-refractivity contribution in [3.8, 4) is 0 Å². The lowest BCUT2D eigenvalue weighted by molar-refractivity contribution is -0.00437. The SMILES string of the molecule is CCCCCCCCCCCCCCCCCCCCCCCCCOCC(O)COP(=O)(O)OCC(O)CO. The quantitative estimate of drug-likeness (QED) is 0.0446. The molecule has 0 aliphatic heterocycles. The Labute approximate surface area is 246 Å². The number of phosphoric acid groups is 1. The Kier molecular flexibility index (Phi) is 30.4. The standard InChI is InChI=1S/C31H65O8P/c1-2-3-4-5-6-7-8-9-10-11-12-13-14-15-16-17-18-19-20-21-22-23-24-25-37-27-31(34)29-39-40(35,36)38-28-30(33)26-32/h30-34H,2-29H2,1H3,(H,35,36). The van der Waals surface area contributed by atoms with Crippen molar-refractivity contribution < 1.29 is 38.6 Å². The highest BCUT2D eigenvalue weighted by molar-refractivity contribution is 7.47. The minimum Gasteiger partial charge on any atom is -0.394 e. The van der Waals surface area contributed by atoms with E-state index in [-0.39, 0.29) is 6.61 Å². The second kappa shape index (κ2) is 30.4. The van der Waals surface area contributed by atoms with Crippen molar-refractivity contribution in [2.24, 2.45) is 0 Å². The molecule has 0 radical (unpaired) electrons. The minimum absolute atomic E-state index is 0.0125. The molecule has 0 amide bonds. The van der Waals surface area contributed by atoms with E-state index < -0.39 is 39.9 Å². The van der Waals surface area contributed by atoms with Gasteiger partial charge in [0.1, 0.15) is 12.2 Å². The molecule has 0 fully saturated rings. The van der Waals surface area contributed by atoms with Crippen LogP contribution in [0.15, 0.2) is 0 Å². The van der Waals surface area contributed by atoms with Crippen LogP contribution in [-0.4, -0.2) is 65.5 Å². The Balaban J connectivity index is 3.25. The highest BCUT2D eigenvalue weighted by atomic mass is 31.2. The molecule has 0 heterocycles. The maximum atomic E-state index is 11.6. The molecule has 8 nitrogen and oxygen atoms in total. The van der Waals surface area contributed by atoms with Gasteiger partial charge < -0.3 is 24.9 Å². The van der Waals surface area contributed by atoms with Crippen LogP contribution in [0.5, 0.6) is 0 Å². The van der Waals surface area contributed by atoms with E-state index in [9.17, 15) is 14.6 Å². The molecule has 9 heteroatoms. The summed E-state index contributed by atoms with van der Waals surface area (Å²) in [5.74, 6) is 0. The lowest BCUT2D eigenvalue weighted by Crippen LogP contribution is -2.23. The summed E-state index contributed by atoms with van der Waals surface area (Å²) >= 11 is 0. The van der Waals surface area contributed by atoms with Gasteiger partial charge in [0.25, 0.3) is 0 Å². The summed E-state index contributed by atoms with van der Waals surface area (Å²) in [5, 5.41) is 27.6. The van der Waals surface area contributed by atoms with E-state index in [1.165, 1.54) is 135 Å². The molecule has 0 aliphatic carbocycles. The Morgan fingerprint density at radius 2 is 0.850 bits per heavy atom. The smallest absolute Gasteiger partial charge is 0.394 e. The van der Waals surface area contributed by atoms with Gasteiger partial charge in [-0.25, -0.2) is 4.57 Å². The van der Waals surface area contributed by atoms with Crippen LogP contribution in [-0.2, 0) is 18.3 Å². The Morgan fingerprint density at radius 1 is 0.525 bits per heavy atom. The lowest BCUT2D eigenvalue weighted by Gasteiger charge is -2.16. The van der Waals surface area contributed by atoms with Crippen LogP contribution in [0.25, 0.3) is 0 Å². The molecule has 0 aromatic rings. The van der Waals surface area contributed by atoms with E-state index in [0.717, 1.165) is 12.8 Å². The van der Waals surface area contributed by atoms with Gasteiger partial charge in [0.15, 0.2) is 0 Å². The zero-order chi connectivity index (χ0) is 29.6. The molecular weight excluding hydrogens is 531 g/mol.